The summed E-state index contributed by atoms with van der Waals surface area (Å²) in [6.45, 7) is 11.2. The quantitative estimate of drug-likeness (QED) is 0.336. The fourth-order valence-electron chi connectivity index (χ4n) is 5.20. The lowest BCUT2D eigenvalue weighted by molar-refractivity contribution is 0.0240. The Labute approximate surface area is 232 Å². The van der Waals surface area contributed by atoms with Gasteiger partial charge in [0.05, 0.1) is 16.9 Å². The molecule has 0 bridgehead atoms. The molecule has 2 aromatic carbocycles. The van der Waals surface area contributed by atoms with Gasteiger partial charge < -0.3 is 25.2 Å². The van der Waals surface area contributed by atoms with Gasteiger partial charge in [-0.25, -0.2) is 9.78 Å². The molecule has 1 fully saturated rings. The van der Waals surface area contributed by atoms with Gasteiger partial charge in [-0.1, -0.05) is 12.1 Å². The zero-order chi connectivity index (χ0) is 27.3. The fourth-order valence-corrected chi connectivity index (χ4v) is 6.30. The van der Waals surface area contributed by atoms with Crippen LogP contribution < -0.4 is 15.5 Å². The molecule has 0 saturated carbocycles. The number of benzene rings is 2. The lowest BCUT2D eigenvalue weighted by Crippen LogP contribution is -2.50. The average Bonchev–Trinajstić information content (AvgIpc) is 3.23. The molecule has 0 spiro atoms. The average molecular weight is 544 g/mol. The summed E-state index contributed by atoms with van der Waals surface area (Å²) in [5.41, 5.74) is 4.41. The van der Waals surface area contributed by atoms with Crippen LogP contribution in [0.2, 0.25) is 0 Å². The number of amides is 2. The van der Waals surface area contributed by atoms with Crippen molar-refractivity contribution in [3.8, 4) is 11.3 Å². The van der Waals surface area contributed by atoms with E-state index >= 15 is 0 Å². The van der Waals surface area contributed by atoms with Crippen LogP contribution in [-0.2, 0) is 4.74 Å². The van der Waals surface area contributed by atoms with Crippen LogP contribution in [-0.4, -0.2) is 66.3 Å². The second-order valence-electron chi connectivity index (χ2n) is 11.3. The minimum absolute atomic E-state index is 0.0206. The Bertz CT molecular complexity index is 1570. The first-order valence-electron chi connectivity index (χ1n) is 13.4. The number of aromatic nitrogens is 1. The van der Waals surface area contributed by atoms with Crippen molar-refractivity contribution in [3.05, 3.63) is 53.4 Å². The zero-order valence-corrected chi connectivity index (χ0v) is 23.5. The molecule has 39 heavy (non-hydrogen) atoms. The standard InChI is InChI=1S/C30H33N5O3S/c1-18-17-31-26-25-21-9-10-22(33-23(21)11-12-24(25)39-27(26)28(36)32-18)19-5-7-20(8-6-19)34-13-15-35(16-14-34)29(37)38-30(2,3)4/h5-12,18,31H,13-17H2,1-4H3,(H,32,36)/t18-/m1/s1. The summed E-state index contributed by atoms with van der Waals surface area (Å²) in [5, 5.41) is 8.65. The topological polar surface area (TPSA) is 86.8 Å². The predicted molar refractivity (Wildman–Crippen MR) is 158 cm³/mol. The molecule has 2 aromatic heterocycles. The molecular formula is C30H33N5O3S. The number of hydrogen-bond acceptors (Lipinski definition) is 7. The number of fused-ring (bicyclic) bond motifs is 5. The Balaban J connectivity index is 1.21. The summed E-state index contributed by atoms with van der Waals surface area (Å²) in [6, 6.07) is 16.8. The summed E-state index contributed by atoms with van der Waals surface area (Å²) in [4.78, 5) is 34.9. The number of nitrogens with zero attached hydrogens (tertiary/aromatic N) is 3. The van der Waals surface area contributed by atoms with E-state index in [1.807, 2.05) is 33.8 Å². The minimum Gasteiger partial charge on any atom is -0.444 e. The number of anilines is 2. The van der Waals surface area contributed by atoms with Crippen LogP contribution in [0.4, 0.5) is 16.2 Å². The van der Waals surface area contributed by atoms with Gasteiger partial charge >= 0.3 is 6.09 Å². The molecular weight excluding hydrogens is 510 g/mol. The SMILES string of the molecule is C[C@@H]1CNc2c(sc3ccc4nc(-c5ccc(N6CCN(C(=O)OC(C)(C)C)CC6)cc5)ccc4c23)C(=O)N1. The lowest BCUT2D eigenvalue weighted by Gasteiger charge is -2.36. The largest absolute Gasteiger partial charge is 0.444 e. The number of hydrogen-bond donors (Lipinski definition) is 2. The van der Waals surface area contributed by atoms with E-state index in [0.29, 0.717) is 19.6 Å². The number of thiophene rings is 1. The summed E-state index contributed by atoms with van der Waals surface area (Å²) < 4.78 is 6.59. The third kappa shape index (κ3) is 4.98. The minimum atomic E-state index is -0.485. The summed E-state index contributed by atoms with van der Waals surface area (Å²) in [6.07, 6.45) is -0.246. The molecule has 2 amide bonds. The van der Waals surface area contributed by atoms with E-state index in [0.717, 1.165) is 61.6 Å². The van der Waals surface area contributed by atoms with Gasteiger partial charge in [-0.05, 0) is 64.1 Å². The highest BCUT2D eigenvalue weighted by molar-refractivity contribution is 7.21. The van der Waals surface area contributed by atoms with Crippen LogP contribution >= 0.6 is 11.3 Å². The van der Waals surface area contributed by atoms with Crippen LogP contribution in [0, 0.1) is 0 Å². The summed E-state index contributed by atoms with van der Waals surface area (Å²) in [7, 11) is 0. The molecule has 2 aliphatic heterocycles. The molecule has 1 atom stereocenters. The highest BCUT2D eigenvalue weighted by Crippen LogP contribution is 2.41. The van der Waals surface area contributed by atoms with Gasteiger partial charge in [-0.15, -0.1) is 11.3 Å². The summed E-state index contributed by atoms with van der Waals surface area (Å²) in [5.74, 6) is -0.0206. The maximum absolute atomic E-state index is 12.7. The highest BCUT2D eigenvalue weighted by atomic mass is 32.1. The van der Waals surface area contributed by atoms with E-state index < -0.39 is 5.60 Å². The number of carbonyl (C=O) groups is 2. The van der Waals surface area contributed by atoms with Crippen molar-refractivity contribution in [3.63, 3.8) is 0 Å². The van der Waals surface area contributed by atoms with Gasteiger partial charge in [0.15, 0.2) is 0 Å². The first-order valence-corrected chi connectivity index (χ1v) is 14.2. The van der Waals surface area contributed by atoms with Crippen molar-refractivity contribution < 1.29 is 14.3 Å². The van der Waals surface area contributed by atoms with Crippen LogP contribution in [0.25, 0.3) is 32.2 Å². The number of rotatable bonds is 2. The Morgan fingerprint density at radius 2 is 1.77 bits per heavy atom. The zero-order valence-electron chi connectivity index (χ0n) is 22.7. The van der Waals surface area contributed by atoms with Crippen molar-refractivity contribution in [2.75, 3.05) is 42.9 Å². The maximum atomic E-state index is 12.7. The van der Waals surface area contributed by atoms with Gasteiger partial charge in [0.25, 0.3) is 5.91 Å². The van der Waals surface area contributed by atoms with Crippen molar-refractivity contribution in [2.24, 2.45) is 0 Å². The molecule has 2 N–H and O–H groups in total. The number of ether oxygens (including phenoxy) is 1. The second-order valence-corrected chi connectivity index (χ2v) is 12.3. The molecule has 9 heteroatoms. The van der Waals surface area contributed by atoms with E-state index in [4.69, 9.17) is 9.72 Å². The molecule has 202 valence electrons. The van der Waals surface area contributed by atoms with Crippen LogP contribution in [0.5, 0.6) is 0 Å². The number of nitrogens with one attached hydrogen (secondary N) is 2. The molecule has 2 aliphatic rings. The van der Waals surface area contributed by atoms with E-state index in [1.54, 1.807) is 4.90 Å². The van der Waals surface area contributed by atoms with Gasteiger partial charge in [-0.2, -0.15) is 0 Å². The van der Waals surface area contributed by atoms with Gasteiger partial charge in [0.2, 0.25) is 0 Å². The third-order valence-electron chi connectivity index (χ3n) is 7.15. The third-order valence-corrected chi connectivity index (χ3v) is 8.30. The molecule has 4 heterocycles. The van der Waals surface area contributed by atoms with Gasteiger partial charge in [0, 0.05) is 65.5 Å². The smallest absolute Gasteiger partial charge is 0.410 e. The Hall–Kier alpha value is -3.85. The van der Waals surface area contributed by atoms with E-state index in [1.165, 1.54) is 11.3 Å². The van der Waals surface area contributed by atoms with Crippen molar-refractivity contribution in [1.29, 1.82) is 0 Å². The van der Waals surface area contributed by atoms with E-state index in [2.05, 4.69) is 58.0 Å². The molecule has 0 aliphatic carbocycles. The number of pyridine rings is 1. The summed E-state index contributed by atoms with van der Waals surface area (Å²) >= 11 is 1.52. The van der Waals surface area contributed by atoms with E-state index in [9.17, 15) is 9.59 Å². The predicted octanol–water partition coefficient (Wildman–Crippen LogP) is 5.72. The van der Waals surface area contributed by atoms with Crippen LogP contribution in [0.1, 0.15) is 37.4 Å². The van der Waals surface area contributed by atoms with Gasteiger partial charge in [0.1, 0.15) is 10.5 Å². The van der Waals surface area contributed by atoms with Crippen LogP contribution in [0.15, 0.2) is 48.5 Å². The number of carbonyl (C=O) groups excluding carboxylic acids is 2. The van der Waals surface area contributed by atoms with Crippen LogP contribution in [0.3, 0.4) is 0 Å². The molecule has 1 saturated heterocycles. The lowest BCUT2D eigenvalue weighted by atomic mass is 10.1. The Kier molecular flexibility index (Phi) is 6.33. The first kappa shape index (κ1) is 25.4. The highest BCUT2D eigenvalue weighted by Gasteiger charge is 2.27. The van der Waals surface area contributed by atoms with Gasteiger partial charge in [-0.3, -0.25) is 4.79 Å². The molecule has 8 nitrogen and oxygen atoms in total. The van der Waals surface area contributed by atoms with Crippen molar-refractivity contribution in [1.82, 2.24) is 15.2 Å². The monoisotopic (exact) mass is 543 g/mol. The normalized spacial score (nSPS) is 17.9. The molecule has 6 rings (SSSR count). The molecule has 0 unspecified atom stereocenters. The molecule has 0 radical (unpaired) electrons. The fraction of sp³-hybridized carbons (Fsp3) is 0.367. The Morgan fingerprint density at radius 3 is 2.49 bits per heavy atom. The van der Waals surface area contributed by atoms with Crippen molar-refractivity contribution >= 4 is 55.7 Å². The van der Waals surface area contributed by atoms with E-state index in [-0.39, 0.29) is 18.0 Å². The first-order chi connectivity index (χ1) is 18.7. The Morgan fingerprint density at radius 1 is 1.03 bits per heavy atom. The second kappa shape index (κ2) is 9.72. The van der Waals surface area contributed by atoms with Crippen molar-refractivity contribution in [2.45, 2.75) is 39.3 Å². The molecule has 4 aromatic rings. The number of piperazine rings is 1. The maximum Gasteiger partial charge on any atom is 0.410 e.